The lowest BCUT2D eigenvalue weighted by atomic mass is 9.91. The highest BCUT2D eigenvalue weighted by molar-refractivity contribution is 5.98. The average molecular weight is 522 g/mol. The first-order valence-corrected chi connectivity index (χ1v) is 12.2. The SMILES string of the molecule is O=C(O)Cc1ccc(C#Cc2cccc(-c3c(Cc4ccccc4)cnc4c(C(F)(F)F)cccc34)c2)cc1. The highest BCUT2D eigenvalue weighted by Gasteiger charge is 2.33. The summed E-state index contributed by atoms with van der Waals surface area (Å²) in [5.74, 6) is 5.30. The molecule has 0 radical (unpaired) electrons. The van der Waals surface area contributed by atoms with Gasteiger partial charge in [-0.3, -0.25) is 9.78 Å². The van der Waals surface area contributed by atoms with E-state index in [-0.39, 0.29) is 11.9 Å². The number of alkyl halides is 3. The number of rotatable bonds is 5. The minimum Gasteiger partial charge on any atom is -0.481 e. The van der Waals surface area contributed by atoms with Crippen LogP contribution in [0.1, 0.15) is 33.4 Å². The van der Waals surface area contributed by atoms with Crippen LogP contribution in [0, 0.1) is 11.8 Å². The zero-order chi connectivity index (χ0) is 27.4. The van der Waals surface area contributed by atoms with Gasteiger partial charge in [-0.25, -0.2) is 0 Å². The zero-order valence-corrected chi connectivity index (χ0v) is 20.7. The summed E-state index contributed by atoms with van der Waals surface area (Å²) < 4.78 is 41.5. The van der Waals surface area contributed by atoms with Crippen LogP contribution < -0.4 is 0 Å². The molecular formula is C33H22F3NO2. The molecule has 0 unspecified atom stereocenters. The molecule has 0 aliphatic heterocycles. The number of pyridine rings is 1. The monoisotopic (exact) mass is 521 g/mol. The van der Waals surface area contributed by atoms with Crippen LogP contribution in [0.5, 0.6) is 0 Å². The summed E-state index contributed by atoms with van der Waals surface area (Å²) >= 11 is 0. The van der Waals surface area contributed by atoms with Gasteiger partial charge in [-0.1, -0.05) is 78.6 Å². The average Bonchev–Trinajstić information content (AvgIpc) is 2.92. The summed E-state index contributed by atoms with van der Waals surface area (Å²) in [7, 11) is 0. The van der Waals surface area contributed by atoms with Gasteiger partial charge in [0.15, 0.2) is 0 Å². The van der Waals surface area contributed by atoms with E-state index >= 15 is 0 Å². The maximum atomic E-state index is 13.8. The van der Waals surface area contributed by atoms with Gasteiger partial charge in [0.1, 0.15) is 0 Å². The van der Waals surface area contributed by atoms with Crippen molar-refractivity contribution in [2.75, 3.05) is 0 Å². The van der Waals surface area contributed by atoms with Crippen molar-refractivity contribution < 1.29 is 23.1 Å². The van der Waals surface area contributed by atoms with E-state index in [2.05, 4.69) is 16.8 Å². The Morgan fingerprint density at radius 1 is 0.795 bits per heavy atom. The summed E-state index contributed by atoms with van der Waals surface area (Å²) in [5.41, 5.74) is 4.52. The summed E-state index contributed by atoms with van der Waals surface area (Å²) in [6, 6.07) is 28.3. The molecule has 0 atom stereocenters. The van der Waals surface area contributed by atoms with Gasteiger partial charge in [0.05, 0.1) is 17.5 Å². The number of aromatic nitrogens is 1. The largest absolute Gasteiger partial charge is 0.481 e. The van der Waals surface area contributed by atoms with Crippen LogP contribution in [0.2, 0.25) is 0 Å². The van der Waals surface area contributed by atoms with E-state index in [1.54, 1.807) is 30.3 Å². The molecule has 5 rings (SSSR count). The number of nitrogens with zero attached hydrogens (tertiary/aromatic N) is 1. The minimum atomic E-state index is -4.53. The summed E-state index contributed by atoms with van der Waals surface area (Å²) in [5, 5.41) is 9.37. The maximum absolute atomic E-state index is 13.8. The van der Waals surface area contributed by atoms with Crippen LogP contribution in [0.15, 0.2) is 103 Å². The number of halogens is 3. The van der Waals surface area contributed by atoms with E-state index in [0.29, 0.717) is 28.5 Å². The first-order chi connectivity index (χ1) is 18.8. The molecule has 192 valence electrons. The number of carbonyl (C=O) groups is 1. The summed E-state index contributed by atoms with van der Waals surface area (Å²) in [4.78, 5) is 15.2. The van der Waals surface area contributed by atoms with Gasteiger partial charge >= 0.3 is 12.1 Å². The molecule has 6 heteroatoms. The van der Waals surface area contributed by atoms with Crippen molar-refractivity contribution >= 4 is 16.9 Å². The van der Waals surface area contributed by atoms with Crippen LogP contribution in [0.4, 0.5) is 13.2 Å². The second-order valence-corrected chi connectivity index (χ2v) is 9.12. The number of carboxylic acid groups (broad SMARTS) is 1. The molecule has 0 bridgehead atoms. The fraction of sp³-hybridized carbons (Fsp3) is 0.0909. The standard InChI is InChI=1S/C33H22F3NO2/c34-33(35,36)29-11-5-10-28-31(27(21-37-32(28)29)19-23-6-2-1-3-7-23)26-9-4-8-24(18-26)15-12-22-13-16-25(17-14-22)20-30(38)39/h1-11,13-14,16-18,21H,19-20H2,(H,38,39). The lowest BCUT2D eigenvalue weighted by molar-refractivity contribution is -0.137. The molecule has 0 saturated heterocycles. The zero-order valence-electron chi connectivity index (χ0n) is 20.7. The van der Waals surface area contributed by atoms with Crippen molar-refractivity contribution in [3.05, 3.63) is 137 Å². The Balaban J connectivity index is 1.59. The molecule has 1 heterocycles. The van der Waals surface area contributed by atoms with Gasteiger partial charge in [0.25, 0.3) is 0 Å². The summed E-state index contributed by atoms with van der Waals surface area (Å²) in [6.45, 7) is 0. The summed E-state index contributed by atoms with van der Waals surface area (Å²) in [6.07, 6.45) is -2.54. The Bertz CT molecular complexity index is 1710. The third-order valence-electron chi connectivity index (χ3n) is 6.33. The second-order valence-electron chi connectivity index (χ2n) is 9.12. The lowest BCUT2D eigenvalue weighted by Gasteiger charge is -2.16. The van der Waals surface area contributed by atoms with Crippen LogP contribution in [0.3, 0.4) is 0 Å². The molecule has 3 nitrogen and oxygen atoms in total. The Hall–Kier alpha value is -4.89. The molecule has 5 aromatic rings. The number of para-hydroxylation sites is 1. The number of carboxylic acids is 1. The van der Waals surface area contributed by atoms with Gasteiger partial charge in [-0.2, -0.15) is 13.2 Å². The number of benzene rings is 4. The molecule has 0 fully saturated rings. The molecule has 0 aliphatic carbocycles. The maximum Gasteiger partial charge on any atom is 0.418 e. The highest BCUT2D eigenvalue weighted by Crippen LogP contribution is 2.39. The van der Waals surface area contributed by atoms with E-state index in [9.17, 15) is 18.0 Å². The normalized spacial score (nSPS) is 11.2. The Morgan fingerprint density at radius 2 is 1.51 bits per heavy atom. The number of aliphatic carboxylic acids is 1. The first kappa shape index (κ1) is 25.7. The van der Waals surface area contributed by atoms with Gasteiger partial charge in [-0.05, 0) is 64.6 Å². The van der Waals surface area contributed by atoms with Crippen LogP contribution in [-0.4, -0.2) is 16.1 Å². The number of fused-ring (bicyclic) bond motifs is 1. The molecule has 1 aromatic heterocycles. The third kappa shape index (κ3) is 6.00. The van der Waals surface area contributed by atoms with E-state index < -0.39 is 17.7 Å². The van der Waals surface area contributed by atoms with Crippen molar-refractivity contribution in [1.29, 1.82) is 0 Å². The second kappa shape index (κ2) is 10.8. The van der Waals surface area contributed by atoms with Crippen molar-refractivity contribution in [1.82, 2.24) is 4.98 Å². The minimum absolute atomic E-state index is 0.0585. The highest BCUT2D eigenvalue weighted by atomic mass is 19.4. The molecule has 0 spiro atoms. The Labute approximate surface area is 223 Å². The quantitative estimate of drug-likeness (QED) is 0.243. The lowest BCUT2D eigenvalue weighted by Crippen LogP contribution is -2.07. The van der Waals surface area contributed by atoms with E-state index in [1.165, 1.54) is 12.3 Å². The Morgan fingerprint density at radius 3 is 2.23 bits per heavy atom. The van der Waals surface area contributed by atoms with Crippen LogP contribution >= 0.6 is 0 Å². The van der Waals surface area contributed by atoms with Gasteiger partial charge in [0, 0.05) is 22.7 Å². The smallest absolute Gasteiger partial charge is 0.418 e. The topological polar surface area (TPSA) is 50.2 Å². The van der Waals surface area contributed by atoms with Crippen molar-refractivity contribution in [2.45, 2.75) is 19.0 Å². The van der Waals surface area contributed by atoms with Crippen molar-refractivity contribution in [3.8, 4) is 23.0 Å². The molecule has 1 N–H and O–H groups in total. The van der Waals surface area contributed by atoms with E-state index in [1.807, 2.05) is 54.6 Å². The molecular weight excluding hydrogens is 499 g/mol. The van der Waals surface area contributed by atoms with Gasteiger partial charge < -0.3 is 5.11 Å². The van der Waals surface area contributed by atoms with Crippen LogP contribution in [0.25, 0.3) is 22.0 Å². The fourth-order valence-corrected chi connectivity index (χ4v) is 4.56. The van der Waals surface area contributed by atoms with E-state index in [0.717, 1.165) is 28.3 Å². The predicted molar refractivity (Wildman–Crippen MR) is 145 cm³/mol. The van der Waals surface area contributed by atoms with Crippen molar-refractivity contribution in [2.24, 2.45) is 0 Å². The van der Waals surface area contributed by atoms with Gasteiger partial charge in [0.2, 0.25) is 0 Å². The number of hydrogen-bond acceptors (Lipinski definition) is 2. The molecule has 0 saturated carbocycles. The van der Waals surface area contributed by atoms with E-state index in [4.69, 9.17) is 5.11 Å². The predicted octanol–water partition coefficient (Wildman–Crippen LogP) is 7.54. The first-order valence-electron chi connectivity index (χ1n) is 12.2. The van der Waals surface area contributed by atoms with Crippen LogP contribution in [-0.2, 0) is 23.8 Å². The molecule has 4 aromatic carbocycles. The fourth-order valence-electron chi connectivity index (χ4n) is 4.56. The molecule has 0 amide bonds. The third-order valence-corrected chi connectivity index (χ3v) is 6.33. The van der Waals surface area contributed by atoms with Gasteiger partial charge in [-0.15, -0.1) is 0 Å². The van der Waals surface area contributed by atoms with Crippen molar-refractivity contribution in [3.63, 3.8) is 0 Å². The molecule has 39 heavy (non-hydrogen) atoms. The molecule has 0 aliphatic rings. The number of hydrogen-bond donors (Lipinski definition) is 1. The Kier molecular flexibility index (Phi) is 7.16.